The smallest absolute Gasteiger partial charge is 0.258 e. The van der Waals surface area contributed by atoms with E-state index in [1.54, 1.807) is 25.1 Å². The number of amides is 1. The van der Waals surface area contributed by atoms with Crippen LogP contribution in [-0.2, 0) is 21.4 Å². The summed E-state index contributed by atoms with van der Waals surface area (Å²) in [5.41, 5.74) is 5.66. The molecule has 34 heavy (non-hydrogen) atoms. The lowest BCUT2D eigenvalue weighted by atomic mass is 9.99. The Morgan fingerprint density at radius 1 is 0.941 bits per heavy atom. The van der Waals surface area contributed by atoms with Crippen molar-refractivity contribution in [1.29, 1.82) is 0 Å². The molecule has 0 unspecified atom stereocenters. The van der Waals surface area contributed by atoms with Crippen LogP contribution in [0.5, 0.6) is 0 Å². The van der Waals surface area contributed by atoms with Crippen LogP contribution in [0.1, 0.15) is 23.6 Å². The standard InChI is InChI=1S/C26H28N4O3S/c1-4-34(32,33)29-21-14-15-23-22(16-21)24(26(31)28-23)25(19-8-6-5-7-9-19)27-20-12-10-18(11-13-20)17-30(2)3/h5-16,27,29H,4,17H2,1-3H3,(H,28,31)/b25-24-. The summed E-state index contributed by atoms with van der Waals surface area (Å²) in [6.45, 7) is 2.41. The predicted octanol–water partition coefficient (Wildman–Crippen LogP) is 4.44. The van der Waals surface area contributed by atoms with Gasteiger partial charge in [0.1, 0.15) is 0 Å². The van der Waals surface area contributed by atoms with E-state index >= 15 is 0 Å². The maximum absolute atomic E-state index is 13.1. The summed E-state index contributed by atoms with van der Waals surface area (Å²) in [4.78, 5) is 15.2. The molecule has 0 saturated carbocycles. The summed E-state index contributed by atoms with van der Waals surface area (Å²) in [5.74, 6) is -0.286. The summed E-state index contributed by atoms with van der Waals surface area (Å²) in [7, 11) is 0.601. The Kier molecular flexibility index (Phi) is 6.72. The highest BCUT2D eigenvalue weighted by atomic mass is 32.2. The first-order chi connectivity index (χ1) is 16.3. The van der Waals surface area contributed by atoms with Crippen molar-refractivity contribution in [3.63, 3.8) is 0 Å². The lowest BCUT2D eigenvalue weighted by molar-refractivity contribution is -0.110. The fourth-order valence-electron chi connectivity index (χ4n) is 3.82. The van der Waals surface area contributed by atoms with E-state index in [0.29, 0.717) is 28.2 Å². The lowest BCUT2D eigenvalue weighted by Gasteiger charge is -2.16. The Morgan fingerprint density at radius 2 is 1.62 bits per heavy atom. The number of hydrogen-bond acceptors (Lipinski definition) is 5. The van der Waals surface area contributed by atoms with Gasteiger partial charge >= 0.3 is 0 Å². The maximum atomic E-state index is 13.1. The van der Waals surface area contributed by atoms with Gasteiger partial charge in [0.25, 0.3) is 5.91 Å². The highest BCUT2D eigenvalue weighted by molar-refractivity contribution is 7.92. The third-order valence-corrected chi connectivity index (χ3v) is 6.76. The number of nitrogens with one attached hydrogen (secondary N) is 3. The molecule has 1 aliphatic rings. The van der Waals surface area contributed by atoms with Gasteiger partial charge < -0.3 is 15.5 Å². The molecular weight excluding hydrogens is 448 g/mol. The van der Waals surface area contributed by atoms with Crippen LogP contribution in [0.25, 0.3) is 11.3 Å². The molecule has 0 saturated heterocycles. The van der Waals surface area contributed by atoms with E-state index in [1.807, 2.05) is 56.6 Å². The van der Waals surface area contributed by atoms with Crippen LogP contribution >= 0.6 is 0 Å². The fraction of sp³-hybridized carbons (Fsp3) is 0.192. The molecule has 0 atom stereocenters. The summed E-state index contributed by atoms with van der Waals surface area (Å²) < 4.78 is 26.7. The van der Waals surface area contributed by atoms with Crippen molar-refractivity contribution in [2.75, 3.05) is 35.2 Å². The van der Waals surface area contributed by atoms with Crippen LogP contribution in [0.15, 0.2) is 72.8 Å². The van der Waals surface area contributed by atoms with Gasteiger partial charge in [-0.25, -0.2) is 8.42 Å². The third kappa shape index (κ3) is 5.30. The number of hydrogen-bond donors (Lipinski definition) is 3. The molecule has 176 valence electrons. The number of rotatable bonds is 8. The van der Waals surface area contributed by atoms with E-state index in [4.69, 9.17) is 0 Å². The van der Waals surface area contributed by atoms with Crippen LogP contribution in [0.3, 0.4) is 0 Å². The topological polar surface area (TPSA) is 90.5 Å². The second-order valence-electron chi connectivity index (χ2n) is 8.40. The quantitative estimate of drug-likeness (QED) is 0.418. The second kappa shape index (κ2) is 9.70. The summed E-state index contributed by atoms with van der Waals surface area (Å²) in [6.07, 6.45) is 0. The molecule has 1 aliphatic heterocycles. The van der Waals surface area contributed by atoms with Crippen molar-refractivity contribution in [3.8, 4) is 0 Å². The molecule has 0 spiro atoms. The van der Waals surface area contributed by atoms with Gasteiger partial charge in [0, 0.05) is 29.2 Å². The molecule has 0 radical (unpaired) electrons. The zero-order valence-electron chi connectivity index (χ0n) is 19.4. The van der Waals surface area contributed by atoms with Crippen molar-refractivity contribution in [2.45, 2.75) is 13.5 Å². The van der Waals surface area contributed by atoms with Crippen LogP contribution < -0.4 is 15.4 Å². The molecule has 7 nitrogen and oxygen atoms in total. The van der Waals surface area contributed by atoms with Gasteiger partial charge in [-0.3, -0.25) is 9.52 Å². The van der Waals surface area contributed by atoms with Crippen molar-refractivity contribution in [2.24, 2.45) is 0 Å². The van der Waals surface area contributed by atoms with Crippen LogP contribution in [0.2, 0.25) is 0 Å². The zero-order valence-corrected chi connectivity index (χ0v) is 20.2. The third-order valence-electron chi connectivity index (χ3n) is 5.45. The summed E-state index contributed by atoms with van der Waals surface area (Å²) in [5, 5.41) is 6.33. The molecule has 1 heterocycles. The van der Waals surface area contributed by atoms with Crippen LogP contribution in [-0.4, -0.2) is 39.1 Å². The number of fused-ring (bicyclic) bond motifs is 1. The largest absolute Gasteiger partial charge is 0.354 e. The lowest BCUT2D eigenvalue weighted by Crippen LogP contribution is -2.14. The Hall–Kier alpha value is -3.62. The minimum absolute atomic E-state index is 0.0371. The molecule has 0 aromatic heterocycles. The van der Waals surface area contributed by atoms with E-state index in [9.17, 15) is 13.2 Å². The van der Waals surface area contributed by atoms with E-state index in [-0.39, 0.29) is 11.7 Å². The van der Waals surface area contributed by atoms with Gasteiger partial charge in [0.05, 0.1) is 17.0 Å². The number of benzene rings is 3. The number of carbonyl (C=O) groups excluding carboxylic acids is 1. The molecular formula is C26H28N4O3S. The Bertz CT molecular complexity index is 1330. The molecule has 8 heteroatoms. The average molecular weight is 477 g/mol. The first-order valence-electron chi connectivity index (χ1n) is 11.0. The minimum atomic E-state index is -3.45. The van der Waals surface area contributed by atoms with E-state index in [0.717, 1.165) is 17.8 Å². The van der Waals surface area contributed by atoms with Crippen molar-refractivity contribution >= 4 is 44.3 Å². The minimum Gasteiger partial charge on any atom is -0.354 e. The summed E-state index contributed by atoms with van der Waals surface area (Å²) >= 11 is 0. The Labute approximate surface area is 200 Å². The van der Waals surface area contributed by atoms with Crippen molar-refractivity contribution < 1.29 is 13.2 Å². The number of nitrogens with zero attached hydrogens (tertiary/aromatic N) is 1. The van der Waals surface area contributed by atoms with Gasteiger partial charge in [-0.05, 0) is 62.5 Å². The summed E-state index contributed by atoms with van der Waals surface area (Å²) in [6, 6.07) is 22.8. The normalized spacial score (nSPS) is 14.5. The van der Waals surface area contributed by atoms with Gasteiger partial charge in [0.2, 0.25) is 10.0 Å². The Morgan fingerprint density at radius 3 is 2.26 bits per heavy atom. The molecule has 1 amide bonds. The molecule has 0 aliphatic carbocycles. The van der Waals surface area contributed by atoms with Crippen molar-refractivity contribution in [3.05, 3.63) is 89.5 Å². The van der Waals surface area contributed by atoms with Gasteiger partial charge in [-0.2, -0.15) is 0 Å². The van der Waals surface area contributed by atoms with E-state index < -0.39 is 10.0 Å². The number of carbonyl (C=O) groups is 1. The van der Waals surface area contributed by atoms with Gasteiger partial charge in [-0.15, -0.1) is 0 Å². The predicted molar refractivity (Wildman–Crippen MR) is 139 cm³/mol. The highest BCUT2D eigenvalue weighted by Crippen LogP contribution is 2.39. The molecule has 3 aromatic carbocycles. The van der Waals surface area contributed by atoms with Crippen LogP contribution in [0.4, 0.5) is 17.1 Å². The molecule has 0 fully saturated rings. The number of sulfonamides is 1. The molecule has 0 bridgehead atoms. The average Bonchev–Trinajstić information content (AvgIpc) is 3.13. The molecule has 3 N–H and O–H groups in total. The van der Waals surface area contributed by atoms with Gasteiger partial charge in [0.15, 0.2) is 0 Å². The molecule has 4 rings (SSSR count). The first kappa shape index (κ1) is 23.5. The van der Waals surface area contributed by atoms with Crippen molar-refractivity contribution in [1.82, 2.24) is 4.90 Å². The molecule has 3 aromatic rings. The SMILES string of the molecule is CCS(=O)(=O)Nc1ccc2c(c1)/C(=C(/Nc1ccc(CN(C)C)cc1)c1ccccc1)C(=O)N2. The van der Waals surface area contributed by atoms with Gasteiger partial charge in [-0.1, -0.05) is 42.5 Å². The van der Waals surface area contributed by atoms with E-state index in [2.05, 4.69) is 32.4 Å². The fourth-order valence-corrected chi connectivity index (χ4v) is 4.45. The first-order valence-corrected chi connectivity index (χ1v) is 12.7. The number of anilines is 3. The maximum Gasteiger partial charge on any atom is 0.258 e. The second-order valence-corrected chi connectivity index (χ2v) is 10.4. The monoisotopic (exact) mass is 476 g/mol. The highest BCUT2D eigenvalue weighted by Gasteiger charge is 2.29. The van der Waals surface area contributed by atoms with Crippen LogP contribution in [0, 0.1) is 0 Å². The zero-order chi connectivity index (χ0) is 24.3. The Balaban J connectivity index is 1.79. The van der Waals surface area contributed by atoms with E-state index in [1.165, 1.54) is 5.56 Å².